The van der Waals surface area contributed by atoms with E-state index in [1.807, 2.05) is 0 Å². The number of amides is 2. The van der Waals surface area contributed by atoms with Gasteiger partial charge in [-0.15, -0.1) is 0 Å². The molecule has 1 rings (SSSR count). The van der Waals surface area contributed by atoms with Crippen molar-refractivity contribution in [3.63, 3.8) is 0 Å². The van der Waals surface area contributed by atoms with Gasteiger partial charge in [0.1, 0.15) is 16.7 Å². The maximum atomic E-state index is 12.0. The molecule has 0 aliphatic rings. The van der Waals surface area contributed by atoms with Gasteiger partial charge in [0.2, 0.25) is 5.91 Å². The van der Waals surface area contributed by atoms with E-state index in [1.54, 1.807) is 6.07 Å². The summed E-state index contributed by atoms with van der Waals surface area (Å²) in [6.45, 7) is 2.02. The molecule has 1 aromatic carbocycles. The van der Waals surface area contributed by atoms with Crippen molar-refractivity contribution >= 4 is 34.8 Å². The van der Waals surface area contributed by atoms with Crippen LogP contribution in [0, 0.1) is 21.4 Å². The molecular formula is C14H14ClN5O4. The fourth-order valence-corrected chi connectivity index (χ4v) is 1.75. The number of hydrogen-bond donors (Lipinski definition) is 3. The standard InChI is InChI=1S/C14H14ClN5O4/c1-9(21)18-5-4-17-8-10(7-16)14(22)19-11-2-3-12(15)13(6-11)20(23)24/h2-3,6,8,17H,4-5H2,1H3,(H,18,21)(H,19,22)/b10-8-. The number of nitro groups is 1. The minimum atomic E-state index is -0.735. The quantitative estimate of drug-likeness (QED) is 0.223. The van der Waals surface area contributed by atoms with Crippen LogP contribution in [0.25, 0.3) is 0 Å². The highest BCUT2D eigenvalue weighted by Crippen LogP contribution is 2.27. The smallest absolute Gasteiger partial charge is 0.289 e. The lowest BCUT2D eigenvalue weighted by Crippen LogP contribution is -2.28. The zero-order valence-corrected chi connectivity index (χ0v) is 13.4. The summed E-state index contributed by atoms with van der Waals surface area (Å²) in [5.74, 6) is -0.926. The molecule has 0 bridgehead atoms. The second-order valence-electron chi connectivity index (χ2n) is 4.48. The van der Waals surface area contributed by atoms with Crippen molar-refractivity contribution in [3.05, 3.63) is 45.1 Å². The van der Waals surface area contributed by atoms with Gasteiger partial charge < -0.3 is 16.0 Å². The first-order valence-electron chi connectivity index (χ1n) is 6.68. The number of carbonyl (C=O) groups is 2. The maximum Gasteiger partial charge on any atom is 0.289 e. The summed E-state index contributed by atoms with van der Waals surface area (Å²) in [5, 5.41) is 27.3. The fourth-order valence-electron chi connectivity index (χ4n) is 1.56. The lowest BCUT2D eigenvalue weighted by molar-refractivity contribution is -0.384. The Balaban J connectivity index is 2.71. The fraction of sp³-hybridized carbons (Fsp3) is 0.214. The van der Waals surface area contributed by atoms with Gasteiger partial charge in [-0.05, 0) is 12.1 Å². The monoisotopic (exact) mass is 351 g/mol. The first-order chi connectivity index (χ1) is 11.3. The summed E-state index contributed by atoms with van der Waals surface area (Å²) in [6.07, 6.45) is 1.20. The van der Waals surface area contributed by atoms with Gasteiger partial charge in [0, 0.05) is 38.0 Å². The molecule has 9 nitrogen and oxygen atoms in total. The first kappa shape index (κ1) is 18.9. The second-order valence-corrected chi connectivity index (χ2v) is 4.89. The van der Waals surface area contributed by atoms with E-state index in [0.29, 0.717) is 13.1 Å². The molecule has 0 saturated carbocycles. The Labute approximate surface area is 142 Å². The van der Waals surface area contributed by atoms with Gasteiger partial charge in [0.15, 0.2) is 0 Å². The lowest BCUT2D eigenvalue weighted by Gasteiger charge is -2.06. The van der Waals surface area contributed by atoms with Crippen LogP contribution in [0.2, 0.25) is 5.02 Å². The number of benzene rings is 1. The molecular weight excluding hydrogens is 338 g/mol. The molecule has 0 saturated heterocycles. The van der Waals surface area contributed by atoms with Crippen LogP contribution in [-0.4, -0.2) is 29.8 Å². The summed E-state index contributed by atoms with van der Waals surface area (Å²) < 4.78 is 0. The molecule has 126 valence electrons. The molecule has 0 atom stereocenters. The first-order valence-corrected chi connectivity index (χ1v) is 7.06. The predicted octanol–water partition coefficient (Wildman–Crippen LogP) is 1.32. The molecule has 1 aromatic rings. The van der Waals surface area contributed by atoms with Crippen molar-refractivity contribution in [3.8, 4) is 6.07 Å². The number of rotatable bonds is 7. The van der Waals surface area contributed by atoms with Crippen molar-refractivity contribution in [2.24, 2.45) is 0 Å². The number of halogens is 1. The predicted molar refractivity (Wildman–Crippen MR) is 87.1 cm³/mol. The Hall–Kier alpha value is -3.12. The third-order valence-electron chi connectivity index (χ3n) is 2.66. The van der Waals surface area contributed by atoms with Gasteiger partial charge in [-0.3, -0.25) is 19.7 Å². The molecule has 0 aromatic heterocycles. The Kier molecular flexibility index (Phi) is 7.19. The van der Waals surface area contributed by atoms with Crippen molar-refractivity contribution in [2.45, 2.75) is 6.92 Å². The van der Waals surface area contributed by atoms with Crippen molar-refractivity contribution in [1.82, 2.24) is 10.6 Å². The van der Waals surface area contributed by atoms with Crippen LogP contribution in [0.4, 0.5) is 11.4 Å². The van der Waals surface area contributed by atoms with Crippen molar-refractivity contribution in [1.29, 1.82) is 5.26 Å². The maximum absolute atomic E-state index is 12.0. The van der Waals surface area contributed by atoms with Crippen LogP contribution in [0.5, 0.6) is 0 Å². The van der Waals surface area contributed by atoms with Crippen LogP contribution in [0.1, 0.15) is 6.92 Å². The Morgan fingerprint density at radius 3 is 2.71 bits per heavy atom. The number of carbonyl (C=O) groups excluding carboxylic acids is 2. The van der Waals surface area contributed by atoms with E-state index >= 15 is 0 Å². The van der Waals surface area contributed by atoms with E-state index in [0.717, 1.165) is 6.07 Å². The van der Waals surface area contributed by atoms with Gasteiger partial charge in [-0.1, -0.05) is 11.6 Å². The van der Waals surface area contributed by atoms with Gasteiger partial charge in [-0.25, -0.2) is 0 Å². The van der Waals surface area contributed by atoms with E-state index in [9.17, 15) is 19.7 Å². The van der Waals surface area contributed by atoms with Crippen molar-refractivity contribution in [2.75, 3.05) is 18.4 Å². The van der Waals surface area contributed by atoms with Gasteiger partial charge in [0.25, 0.3) is 11.6 Å². The molecule has 0 unspecified atom stereocenters. The van der Waals surface area contributed by atoms with E-state index in [2.05, 4.69) is 16.0 Å². The Morgan fingerprint density at radius 2 is 2.12 bits per heavy atom. The summed E-state index contributed by atoms with van der Waals surface area (Å²) in [4.78, 5) is 32.8. The second kappa shape index (κ2) is 9.12. The SMILES string of the molecule is CC(=O)NCCN/C=C(/C#N)C(=O)Nc1ccc(Cl)c([N+](=O)[O-])c1. The molecule has 0 aliphatic carbocycles. The highest BCUT2D eigenvalue weighted by molar-refractivity contribution is 6.32. The molecule has 24 heavy (non-hydrogen) atoms. The molecule has 0 fully saturated rings. The zero-order chi connectivity index (χ0) is 18.1. The van der Waals surface area contributed by atoms with Crippen LogP contribution in [0.3, 0.4) is 0 Å². The van der Waals surface area contributed by atoms with Crippen LogP contribution in [0.15, 0.2) is 30.0 Å². The Bertz CT molecular complexity index is 726. The number of nitrogens with zero attached hydrogens (tertiary/aromatic N) is 2. The molecule has 0 aliphatic heterocycles. The summed E-state index contributed by atoms with van der Waals surface area (Å²) in [6, 6.07) is 5.46. The molecule has 3 N–H and O–H groups in total. The lowest BCUT2D eigenvalue weighted by atomic mass is 10.2. The number of nitrogens with one attached hydrogen (secondary N) is 3. The summed E-state index contributed by atoms with van der Waals surface area (Å²) in [5.41, 5.74) is -0.448. The van der Waals surface area contributed by atoms with Crippen molar-refractivity contribution < 1.29 is 14.5 Å². The third-order valence-corrected chi connectivity index (χ3v) is 2.98. The van der Waals surface area contributed by atoms with E-state index in [-0.39, 0.29) is 27.9 Å². The Morgan fingerprint density at radius 1 is 1.42 bits per heavy atom. The highest BCUT2D eigenvalue weighted by Gasteiger charge is 2.15. The molecule has 0 heterocycles. The normalized spacial score (nSPS) is 10.5. The molecule has 0 spiro atoms. The van der Waals surface area contributed by atoms with E-state index < -0.39 is 10.8 Å². The largest absolute Gasteiger partial charge is 0.388 e. The van der Waals surface area contributed by atoms with Gasteiger partial charge >= 0.3 is 0 Å². The average molecular weight is 352 g/mol. The number of hydrogen-bond acceptors (Lipinski definition) is 6. The van der Waals surface area contributed by atoms with E-state index in [4.69, 9.17) is 16.9 Å². The van der Waals surface area contributed by atoms with Gasteiger partial charge in [-0.2, -0.15) is 5.26 Å². The molecule has 0 radical (unpaired) electrons. The number of nitriles is 1. The summed E-state index contributed by atoms with van der Waals surface area (Å²) in [7, 11) is 0. The number of nitro benzene ring substituents is 1. The minimum absolute atomic E-state index is 0.0614. The van der Waals surface area contributed by atoms with Crippen LogP contribution in [-0.2, 0) is 9.59 Å². The minimum Gasteiger partial charge on any atom is -0.388 e. The highest BCUT2D eigenvalue weighted by atomic mass is 35.5. The number of anilines is 1. The molecule has 2 amide bonds. The summed E-state index contributed by atoms with van der Waals surface area (Å²) >= 11 is 5.68. The third kappa shape index (κ3) is 5.94. The molecule has 10 heteroatoms. The average Bonchev–Trinajstić information content (AvgIpc) is 2.52. The van der Waals surface area contributed by atoms with Gasteiger partial charge in [0.05, 0.1) is 4.92 Å². The topological polar surface area (TPSA) is 137 Å². The van der Waals surface area contributed by atoms with Crippen LogP contribution < -0.4 is 16.0 Å². The zero-order valence-electron chi connectivity index (χ0n) is 12.6. The van der Waals surface area contributed by atoms with E-state index in [1.165, 1.54) is 25.3 Å². The van der Waals surface area contributed by atoms with Crippen LogP contribution >= 0.6 is 11.6 Å².